The minimum absolute atomic E-state index is 0.110. The van der Waals surface area contributed by atoms with Gasteiger partial charge in [-0.25, -0.2) is 19.6 Å². The number of aliphatic carboxylic acids is 1. The van der Waals surface area contributed by atoms with E-state index in [0.717, 1.165) is 7.11 Å². The lowest BCUT2D eigenvalue weighted by Gasteiger charge is -2.13. The molecule has 0 aliphatic heterocycles. The molecule has 0 aromatic carbocycles. The first kappa shape index (κ1) is 15.3. The van der Waals surface area contributed by atoms with Gasteiger partial charge in [-0.2, -0.15) is 0 Å². The van der Waals surface area contributed by atoms with Crippen LogP contribution in [0.1, 0.15) is 12.1 Å². The number of aromatic nitrogens is 2. The summed E-state index contributed by atoms with van der Waals surface area (Å²) in [6.07, 6.45) is 2.39. The molecule has 1 aromatic heterocycles. The molecule has 1 atom stereocenters. The number of hydrogen-bond donors (Lipinski definition) is 3. The van der Waals surface area contributed by atoms with Gasteiger partial charge in [0.15, 0.2) is 0 Å². The van der Waals surface area contributed by atoms with Crippen LogP contribution in [0.4, 0.5) is 4.79 Å². The normalized spacial score (nSPS) is 11.2. The summed E-state index contributed by atoms with van der Waals surface area (Å²) in [5.74, 6) is -2.05. The van der Waals surface area contributed by atoms with Crippen molar-refractivity contribution < 1.29 is 24.2 Å². The summed E-state index contributed by atoms with van der Waals surface area (Å²) in [4.78, 5) is 41.0. The van der Waals surface area contributed by atoms with Crippen LogP contribution in [-0.2, 0) is 20.9 Å². The molecule has 0 saturated carbocycles. The van der Waals surface area contributed by atoms with Crippen LogP contribution in [0.15, 0.2) is 18.6 Å². The largest absolute Gasteiger partial charge is 0.480 e. The Hall–Kier alpha value is -2.71. The second-order valence-corrected chi connectivity index (χ2v) is 3.70. The number of esters is 1. The molecule has 0 unspecified atom stereocenters. The van der Waals surface area contributed by atoms with Crippen molar-refractivity contribution in [2.75, 3.05) is 7.11 Å². The first-order chi connectivity index (χ1) is 9.52. The van der Waals surface area contributed by atoms with Gasteiger partial charge in [0.05, 0.1) is 25.8 Å². The van der Waals surface area contributed by atoms with Gasteiger partial charge in [0.25, 0.3) is 0 Å². The molecule has 0 aliphatic rings. The second-order valence-electron chi connectivity index (χ2n) is 3.70. The molecule has 0 aliphatic carbocycles. The van der Waals surface area contributed by atoms with Crippen LogP contribution in [0.25, 0.3) is 0 Å². The van der Waals surface area contributed by atoms with Crippen LogP contribution in [0.2, 0.25) is 0 Å². The lowest BCUT2D eigenvalue weighted by Crippen LogP contribution is -2.46. The molecule has 0 fully saturated rings. The number of nitrogens with zero attached hydrogens (tertiary/aromatic N) is 2. The molecule has 0 radical (unpaired) electrons. The lowest BCUT2D eigenvalue weighted by molar-refractivity contribution is -0.147. The summed E-state index contributed by atoms with van der Waals surface area (Å²) in [5.41, 5.74) is 0.565. The highest BCUT2D eigenvalue weighted by Crippen LogP contribution is 1.96. The Labute approximate surface area is 114 Å². The summed E-state index contributed by atoms with van der Waals surface area (Å²) < 4.78 is 4.35. The monoisotopic (exact) mass is 282 g/mol. The molecule has 9 nitrogen and oxygen atoms in total. The topological polar surface area (TPSA) is 131 Å². The van der Waals surface area contributed by atoms with Crippen molar-refractivity contribution in [3.05, 3.63) is 24.3 Å². The SMILES string of the molecule is COC(=O)C[C@H](NC(=O)NCc1ccncn1)C(=O)O. The molecule has 0 bridgehead atoms. The zero-order chi connectivity index (χ0) is 15.0. The first-order valence-corrected chi connectivity index (χ1v) is 5.61. The zero-order valence-electron chi connectivity index (χ0n) is 10.7. The summed E-state index contributed by atoms with van der Waals surface area (Å²) in [6.45, 7) is 0.110. The Morgan fingerprint density at radius 3 is 2.75 bits per heavy atom. The molecule has 1 aromatic rings. The van der Waals surface area contributed by atoms with E-state index in [1.54, 1.807) is 6.07 Å². The number of carboxylic acid groups (broad SMARTS) is 1. The highest BCUT2D eigenvalue weighted by atomic mass is 16.5. The number of carboxylic acids is 1. The van der Waals surface area contributed by atoms with E-state index in [1.807, 2.05) is 0 Å². The number of ether oxygens (including phenoxy) is 1. The maximum atomic E-state index is 11.5. The highest BCUT2D eigenvalue weighted by molar-refractivity contribution is 5.86. The van der Waals surface area contributed by atoms with Crippen molar-refractivity contribution in [2.45, 2.75) is 19.0 Å². The van der Waals surface area contributed by atoms with Crippen molar-refractivity contribution in [1.82, 2.24) is 20.6 Å². The van der Waals surface area contributed by atoms with E-state index in [4.69, 9.17) is 5.11 Å². The Kier molecular flexibility index (Phi) is 5.88. The molecular weight excluding hydrogens is 268 g/mol. The molecular formula is C11H14N4O5. The number of nitrogens with one attached hydrogen (secondary N) is 2. The van der Waals surface area contributed by atoms with Gasteiger partial charge in [-0.3, -0.25) is 4.79 Å². The highest BCUT2D eigenvalue weighted by Gasteiger charge is 2.23. The number of carbonyl (C=O) groups is 3. The minimum Gasteiger partial charge on any atom is -0.480 e. The van der Waals surface area contributed by atoms with Gasteiger partial charge in [-0.1, -0.05) is 0 Å². The number of hydrogen-bond acceptors (Lipinski definition) is 6. The average molecular weight is 282 g/mol. The summed E-state index contributed by atoms with van der Waals surface area (Å²) >= 11 is 0. The van der Waals surface area contributed by atoms with Gasteiger partial charge in [0.1, 0.15) is 12.4 Å². The molecule has 3 N–H and O–H groups in total. The summed E-state index contributed by atoms with van der Waals surface area (Å²) in [6, 6.07) is -0.476. The van der Waals surface area contributed by atoms with E-state index >= 15 is 0 Å². The predicted octanol–water partition coefficient (Wildman–Crippen LogP) is -0.708. The van der Waals surface area contributed by atoms with E-state index in [2.05, 4.69) is 25.3 Å². The molecule has 1 rings (SSSR count). The van der Waals surface area contributed by atoms with Gasteiger partial charge < -0.3 is 20.5 Å². The fraction of sp³-hybridized carbons (Fsp3) is 0.364. The lowest BCUT2D eigenvalue weighted by atomic mass is 10.2. The third-order valence-electron chi connectivity index (χ3n) is 2.28. The molecule has 9 heteroatoms. The molecule has 108 valence electrons. The maximum absolute atomic E-state index is 11.5. The molecule has 1 heterocycles. The quantitative estimate of drug-likeness (QED) is 0.587. The molecule has 20 heavy (non-hydrogen) atoms. The van der Waals surface area contributed by atoms with Crippen molar-refractivity contribution in [1.29, 1.82) is 0 Å². The van der Waals surface area contributed by atoms with E-state index in [9.17, 15) is 14.4 Å². The van der Waals surface area contributed by atoms with Crippen molar-refractivity contribution in [3.8, 4) is 0 Å². The van der Waals surface area contributed by atoms with E-state index in [-0.39, 0.29) is 6.54 Å². The van der Waals surface area contributed by atoms with Gasteiger partial charge in [-0.15, -0.1) is 0 Å². The number of rotatable bonds is 6. The number of amides is 2. The first-order valence-electron chi connectivity index (χ1n) is 5.61. The van der Waals surface area contributed by atoms with E-state index < -0.39 is 30.4 Å². The Morgan fingerprint density at radius 2 is 2.20 bits per heavy atom. The zero-order valence-corrected chi connectivity index (χ0v) is 10.7. The number of urea groups is 1. The van der Waals surface area contributed by atoms with E-state index in [0.29, 0.717) is 5.69 Å². The Balaban J connectivity index is 2.46. The fourth-order valence-electron chi connectivity index (χ4n) is 1.25. The summed E-state index contributed by atoms with van der Waals surface area (Å²) in [7, 11) is 1.14. The van der Waals surface area contributed by atoms with Gasteiger partial charge >= 0.3 is 18.0 Å². The summed E-state index contributed by atoms with van der Waals surface area (Å²) in [5, 5.41) is 13.5. The molecule has 0 spiro atoms. The van der Waals surface area contributed by atoms with E-state index in [1.165, 1.54) is 12.5 Å². The van der Waals surface area contributed by atoms with Gasteiger partial charge in [0.2, 0.25) is 0 Å². The maximum Gasteiger partial charge on any atom is 0.326 e. The van der Waals surface area contributed by atoms with Crippen molar-refractivity contribution in [3.63, 3.8) is 0 Å². The van der Waals surface area contributed by atoms with Crippen LogP contribution < -0.4 is 10.6 Å². The predicted molar refractivity (Wildman–Crippen MR) is 65.5 cm³/mol. The van der Waals surface area contributed by atoms with Crippen LogP contribution in [0.5, 0.6) is 0 Å². The Morgan fingerprint density at radius 1 is 1.45 bits per heavy atom. The fourth-order valence-corrected chi connectivity index (χ4v) is 1.25. The minimum atomic E-state index is -1.35. The Bertz CT molecular complexity index is 479. The number of methoxy groups -OCH3 is 1. The van der Waals surface area contributed by atoms with Gasteiger partial charge in [0, 0.05) is 6.20 Å². The average Bonchev–Trinajstić information content (AvgIpc) is 2.45. The van der Waals surface area contributed by atoms with Crippen LogP contribution in [0, 0.1) is 0 Å². The van der Waals surface area contributed by atoms with Crippen LogP contribution in [-0.4, -0.2) is 46.2 Å². The smallest absolute Gasteiger partial charge is 0.326 e. The van der Waals surface area contributed by atoms with Crippen LogP contribution in [0.3, 0.4) is 0 Å². The third-order valence-corrected chi connectivity index (χ3v) is 2.28. The molecule has 2 amide bonds. The standard InChI is InChI=1S/C11H14N4O5/c1-20-9(16)4-8(10(17)18)15-11(19)13-5-7-2-3-12-6-14-7/h2-3,6,8H,4-5H2,1H3,(H,17,18)(H2,13,15,19)/t8-/m0/s1. The third kappa shape index (κ3) is 5.29. The van der Waals surface area contributed by atoms with Crippen LogP contribution >= 0.6 is 0 Å². The van der Waals surface area contributed by atoms with Crippen molar-refractivity contribution >= 4 is 18.0 Å². The van der Waals surface area contributed by atoms with Gasteiger partial charge in [-0.05, 0) is 6.07 Å². The van der Waals surface area contributed by atoms with Crippen molar-refractivity contribution in [2.24, 2.45) is 0 Å². The second kappa shape index (κ2) is 7.67. The number of carbonyl (C=O) groups excluding carboxylic acids is 2. The molecule has 0 saturated heterocycles.